The highest BCUT2D eigenvalue weighted by Gasteiger charge is 2.33. The summed E-state index contributed by atoms with van der Waals surface area (Å²) in [5.41, 5.74) is -0.141. The smallest absolute Gasteiger partial charge is 0.326 e. The standard InChI is InChI=1S/C12H14N2O6S/c1-21(19,20)11-7-8(14(17)18)4-5-9(11)13-6-2-3-10(13)12(15)16/h4-5,7,10H,2-3,6H2,1H3,(H,15,16)/t10-/m0/s1. The van der Waals surface area contributed by atoms with Crippen LogP contribution in [0.2, 0.25) is 0 Å². The first kappa shape index (κ1) is 15.2. The van der Waals surface area contributed by atoms with Gasteiger partial charge >= 0.3 is 5.97 Å². The average Bonchev–Trinajstić information content (AvgIpc) is 2.86. The van der Waals surface area contributed by atoms with Crippen molar-refractivity contribution in [2.24, 2.45) is 0 Å². The van der Waals surface area contributed by atoms with Crippen molar-refractivity contribution in [3.8, 4) is 0 Å². The van der Waals surface area contributed by atoms with Gasteiger partial charge in [-0.3, -0.25) is 10.1 Å². The van der Waals surface area contributed by atoms with Crippen LogP contribution in [0.4, 0.5) is 11.4 Å². The molecule has 0 radical (unpaired) electrons. The van der Waals surface area contributed by atoms with Gasteiger partial charge in [-0.1, -0.05) is 0 Å². The van der Waals surface area contributed by atoms with E-state index in [9.17, 15) is 28.4 Å². The number of benzene rings is 1. The van der Waals surface area contributed by atoms with E-state index in [-0.39, 0.29) is 16.3 Å². The van der Waals surface area contributed by atoms with E-state index in [1.807, 2.05) is 0 Å². The monoisotopic (exact) mass is 314 g/mol. The van der Waals surface area contributed by atoms with Crippen molar-refractivity contribution >= 4 is 27.2 Å². The molecule has 8 nitrogen and oxygen atoms in total. The lowest BCUT2D eigenvalue weighted by Gasteiger charge is -2.25. The molecule has 0 saturated carbocycles. The largest absolute Gasteiger partial charge is 0.480 e. The summed E-state index contributed by atoms with van der Waals surface area (Å²) in [6.45, 7) is 0.400. The molecule has 0 spiro atoms. The Morgan fingerprint density at radius 3 is 2.67 bits per heavy atom. The molecule has 1 N–H and O–H groups in total. The maximum Gasteiger partial charge on any atom is 0.326 e. The Hall–Kier alpha value is -2.16. The Kier molecular flexibility index (Phi) is 3.86. The predicted molar refractivity (Wildman–Crippen MR) is 74.2 cm³/mol. The second-order valence-electron chi connectivity index (χ2n) is 4.87. The number of carboxylic acids is 1. The minimum Gasteiger partial charge on any atom is -0.480 e. The minimum absolute atomic E-state index is 0.202. The van der Waals surface area contributed by atoms with Crippen LogP contribution in [-0.4, -0.2) is 43.3 Å². The van der Waals surface area contributed by atoms with Gasteiger partial charge in [-0.25, -0.2) is 13.2 Å². The zero-order chi connectivity index (χ0) is 15.8. The lowest BCUT2D eigenvalue weighted by Crippen LogP contribution is -2.36. The topological polar surface area (TPSA) is 118 Å². The van der Waals surface area contributed by atoms with Crippen LogP contribution in [0.25, 0.3) is 0 Å². The zero-order valence-corrected chi connectivity index (χ0v) is 12.0. The maximum absolute atomic E-state index is 11.9. The van der Waals surface area contributed by atoms with Gasteiger partial charge in [0.25, 0.3) is 5.69 Å². The van der Waals surface area contributed by atoms with E-state index in [2.05, 4.69) is 0 Å². The number of nitro groups is 1. The summed E-state index contributed by atoms with van der Waals surface area (Å²) in [5.74, 6) is -1.04. The number of aliphatic carboxylic acids is 1. The molecule has 21 heavy (non-hydrogen) atoms. The van der Waals surface area contributed by atoms with Gasteiger partial charge < -0.3 is 10.0 Å². The van der Waals surface area contributed by atoms with Gasteiger partial charge in [0.05, 0.1) is 15.5 Å². The number of anilines is 1. The van der Waals surface area contributed by atoms with Crippen molar-refractivity contribution in [2.75, 3.05) is 17.7 Å². The lowest BCUT2D eigenvalue weighted by atomic mass is 10.2. The fraction of sp³-hybridized carbons (Fsp3) is 0.417. The van der Waals surface area contributed by atoms with Gasteiger partial charge in [-0.05, 0) is 18.9 Å². The molecular weight excluding hydrogens is 300 g/mol. The van der Waals surface area contributed by atoms with Crippen LogP contribution in [0.3, 0.4) is 0 Å². The Bertz CT molecular complexity index is 700. The molecule has 0 aliphatic carbocycles. The van der Waals surface area contributed by atoms with Gasteiger partial charge in [-0.2, -0.15) is 0 Å². The van der Waals surface area contributed by atoms with Crippen LogP contribution in [0, 0.1) is 10.1 Å². The molecule has 1 aromatic carbocycles. The molecule has 1 aliphatic heterocycles. The molecule has 1 saturated heterocycles. The summed E-state index contributed by atoms with van der Waals surface area (Å²) in [6.07, 6.45) is 1.98. The van der Waals surface area contributed by atoms with Gasteiger partial charge in [0, 0.05) is 24.9 Å². The normalized spacial score (nSPS) is 18.7. The van der Waals surface area contributed by atoms with Crippen molar-refractivity contribution in [3.05, 3.63) is 28.3 Å². The zero-order valence-electron chi connectivity index (χ0n) is 11.2. The second kappa shape index (κ2) is 5.32. The molecule has 1 heterocycles. The van der Waals surface area contributed by atoms with Crippen LogP contribution < -0.4 is 4.90 Å². The van der Waals surface area contributed by atoms with E-state index in [1.54, 1.807) is 0 Å². The van der Waals surface area contributed by atoms with Crippen molar-refractivity contribution < 1.29 is 23.2 Å². The van der Waals surface area contributed by atoms with Crippen molar-refractivity contribution in [2.45, 2.75) is 23.8 Å². The fourth-order valence-electron chi connectivity index (χ4n) is 2.46. The Balaban J connectivity index is 2.58. The highest BCUT2D eigenvalue weighted by Crippen LogP contribution is 2.34. The quantitative estimate of drug-likeness (QED) is 0.651. The molecule has 1 atom stereocenters. The van der Waals surface area contributed by atoms with Gasteiger partial charge in [0.1, 0.15) is 6.04 Å². The van der Waals surface area contributed by atoms with E-state index in [1.165, 1.54) is 17.0 Å². The third-order valence-corrected chi connectivity index (χ3v) is 4.53. The van der Waals surface area contributed by atoms with Gasteiger partial charge in [0.15, 0.2) is 9.84 Å². The number of carboxylic acid groups (broad SMARTS) is 1. The van der Waals surface area contributed by atoms with Crippen molar-refractivity contribution in [1.29, 1.82) is 0 Å². The Morgan fingerprint density at radius 1 is 1.48 bits per heavy atom. The van der Waals surface area contributed by atoms with E-state index < -0.39 is 26.8 Å². The van der Waals surface area contributed by atoms with E-state index in [0.29, 0.717) is 19.4 Å². The lowest BCUT2D eigenvalue weighted by molar-refractivity contribution is -0.385. The Labute approximate surface area is 121 Å². The fourth-order valence-corrected chi connectivity index (χ4v) is 3.36. The third-order valence-electron chi connectivity index (χ3n) is 3.40. The van der Waals surface area contributed by atoms with Gasteiger partial charge in [-0.15, -0.1) is 0 Å². The number of hydrogen-bond acceptors (Lipinski definition) is 6. The summed E-state index contributed by atoms with van der Waals surface area (Å²) in [6, 6.07) is 2.64. The molecule has 114 valence electrons. The summed E-state index contributed by atoms with van der Waals surface area (Å²) in [7, 11) is -3.72. The molecule has 9 heteroatoms. The molecule has 0 amide bonds. The van der Waals surface area contributed by atoms with Crippen LogP contribution in [0.15, 0.2) is 23.1 Å². The number of rotatable bonds is 4. The highest BCUT2D eigenvalue weighted by atomic mass is 32.2. The molecule has 1 aliphatic rings. The van der Waals surface area contributed by atoms with E-state index in [0.717, 1.165) is 12.3 Å². The molecule has 2 rings (SSSR count). The van der Waals surface area contributed by atoms with Crippen LogP contribution in [0.5, 0.6) is 0 Å². The SMILES string of the molecule is CS(=O)(=O)c1cc([N+](=O)[O-])ccc1N1CCC[C@H]1C(=O)O. The predicted octanol–water partition coefficient (Wildman–Crippen LogP) is 1.05. The van der Waals surface area contributed by atoms with Crippen LogP contribution in [-0.2, 0) is 14.6 Å². The number of nitrogens with zero attached hydrogens (tertiary/aromatic N) is 2. The Morgan fingerprint density at radius 2 is 2.14 bits per heavy atom. The average molecular weight is 314 g/mol. The van der Waals surface area contributed by atoms with Crippen molar-refractivity contribution in [3.63, 3.8) is 0 Å². The van der Waals surface area contributed by atoms with E-state index in [4.69, 9.17) is 0 Å². The molecule has 1 aromatic rings. The number of nitro benzene ring substituents is 1. The maximum atomic E-state index is 11.9. The molecule has 0 aromatic heterocycles. The first-order chi connectivity index (χ1) is 9.71. The molecule has 0 bridgehead atoms. The van der Waals surface area contributed by atoms with Crippen LogP contribution in [0.1, 0.15) is 12.8 Å². The van der Waals surface area contributed by atoms with Crippen molar-refractivity contribution in [1.82, 2.24) is 0 Å². The number of hydrogen-bond donors (Lipinski definition) is 1. The number of sulfone groups is 1. The molecule has 0 unspecified atom stereocenters. The molecule has 1 fully saturated rings. The highest BCUT2D eigenvalue weighted by molar-refractivity contribution is 7.90. The first-order valence-electron chi connectivity index (χ1n) is 6.20. The summed E-state index contributed by atoms with van der Waals surface area (Å²) < 4.78 is 23.7. The summed E-state index contributed by atoms with van der Waals surface area (Å²) in [5, 5.41) is 20.0. The van der Waals surface area contributed by atoms with Crippen LogP contribution >= 0.6 is 0 Å². The first-order valence-corrected chi connectivity index (χ1v) is 8.09. The third kappa shape index (κ3) is 2.97. The second-order valence-corrected chi connectivity index (χ2v) is 6.86. The molecular formula is C12H14N2O6S. The van der Waals surface area contributed by atoms with Gasteiger partial charge in [0.2, 0.25) is 0 Å². The summed E-state index contributed by atoms with van der Waals surface area (Å²) >= 11 is 0. The van der Waals surface area contributed by atoms with E-state index >= 15 is 0 Å². The number of carbonyl (C=O) groups is 1. The minimum atomic E-state index is -3.72. The number of non-ortho nitro benzene ring substituents is 1. The summed E-state index contributed by atoms with van der Waals surface area (Å²) in [4.78, 5) is 22.6.